The highest BCUT2D eigenvalue weighted by Gasteiger charge is 2.28. The van der Waals surface area contributed by atoms with Crippen molar-refractivity contribution in [3.63, 3.8) is 0 Å². The molecule has 1 aliphatic heterocycles. The van der Waals surface area contributed by atoms with E-state index in [2.05, 4.69) is 5.32 Å². The Bertz CT molecular complexity index is 979. The first-order valence-electron chi connectivity index (χ1n) is 7.93. The average Bonchev–Trinajstić information content (AvgIpc) is 2.66. The van der Waals surface area contributed by atoms with Crippen molar-refractivity contribution in [1.82, 2.24) is 4.31 Å². The SMILES string of the molecule is O=C(Nc1cccc(Cl)c1Cl)c1cc(S(=O)(=O)N2CCOCC2)ccc1F. The molecule has 10 heteroatoms. The van der Waals surface area contributed by atoms with Crippen LogP contribution in [0.1, 0.15) is 10.4 Å². The first kappa shape index (κ1) is 20.0. The summed E-state index contributed by atoms with van der Waals surface area (Å²) in [5, 5.41) is 2.77. The molecule has 2 aromatic rings. The summed E-state index contributed by atoms with van der Waals surface area (Å²) in [6, 6.07) is 7.69. The van der Waals surface area contributed by atoms with Gasteiger partial charge in [-0.25, -0.2) is 12.8 Å². The lowest BCUT2D eigenvalue weighted by molar-refractivity contribution is 0.0730. The van der Waals surface area contributed by atoms with Gasteiger partial charge in [0.1, 0.15) is 5.82 Å². The number of morpholine rings is 1. The van der Waals surface area contributed by atoms with Crippen molar-refractivity contribution >= 4 is 44.8 Å². The molecule has 0 atom stereocenters. The van der Waals surface area contributed by atoms with Crippen LogP contribution >= 0.6 is 23.2 Å². The van der Waals surface area contributed by atoms with Crippen molar-refractivity contribution in [3.8, 4) is 0 Å². The van der Waals surface area contributed by atoms with Crippen LogP contribution in [-0.4, -0.2) is 44.9 Å². The Morgan fingerprint density at radius 2 is 1.85 bits per heavy atom. The number of amides is 1. The number of hydrogen-bond donors (Lipinski definition) is 1. The summed E-state index contributed by atoms with van der Waals surface area (Å²) in [4.78, 5) is 12.3. The summed E-state index contributed by atoms with van der Waals surface area (Å²) in [5.74, 6) is -1.69. The van der Waals surface area contributed by atoms with E-state index in [4.69, 9.17) is 27.9 Å². The van der Waals surface area contributed by atoms with Crippen LogP contribution in [0.5, 0.6) is 0 Å². The molecule has 0 radical (unpaired) electrons. The monoisotopic (exact) mass is 432 g/mol. The smallest absolute Gasteiger partial charge is 0.258 e. The molecule has 1 N–H and O–H groups in total. The van der Waals surface area contributed by atoms with E-state index in [1.165, 1.54) is 16.4 Å². The quantitative estimate of drug-likeness (QED) is 0.802. The minimum Gasteiger partial charge on any atom is -0.379 e. The normalized spacial score (nSPS) is 15.5. The van der Waals surface area contributed by atoms with Gasteiger partial charge in [-0.1, -0.05) is 29.3 Å². The van der Waals surface area contributed by atoms with Crippen LogP contribution in [0.4, 0.5) is 10.1 Å². The molecule has 2 aromatic carbocycles. The van der Waals surface area contributed by atoms with Crippen molar-refractivity contribution in [2.45, 2.75) is 4.90 Å². The number of anilines is 1. The van der Waals surface area contributed by atoms with E-state index in [9.17, 15) is 17.6 Å². The molecule has 0 aliphatic carbocycles. The number of nitrogens with zero attached hydrogens (tertiary/aromatic N) is 1. The van der Waals surface area contributed by atoms with Gasteiger partial charge in [-0.15, -0.1) is 0 Å². The summed E-state index contributed by atoms with van der Waals surface area (Å²) >= 11 is 11.9. The zero-order valence-electron chi connectivity index (χ0n) is 13.9. The van der Waals surface area contributed by atoms with Crippen molar-refractivity contribution < 1.29 is 22.3 Å². The van der Waals surface area contributed by atoms with Gasteiger partial charge in [-0.3, -0.25) is 4.79 Å². The molecule has 0 saturated carbocycles. The Hall–Kier alpha value is -1.71. The number of carbonyl (C=O) groups excluding carboxylic acids is 1. The number of carbonyl (C=O) groups is 1. The lowest BCUT2D eigenvalue weighted by atomic mass is 10.2. The molecular formula is C17H15Cl2FN2O4S. The van der Waals surface area contributed by atoms with Gasteiger partial charge < -0.3 is 10.1 Å². The van der Waals surface area contributed by atoms with E-state index >= 15 is 0 Å². The molecule has 1 aliphatic rings. The van der Waals surface area contributed by atoms with Gasteiger partial charge in [0.25, 0.3) is 5.91 Å². The summed E-state index contributed by atoms with van der Waals surface area (Å²) in [6.45, 7) is 0.945. The summed E-state index contributed by atoms with van der Waals surface area (Å²) in [7, 11) is -3.86. The Morgan fingerprint density at radius 3 is 2.56 bits per heavy atom. The minimum atomic E-state index is -3.86. The van der Waals surface area contributed by atoms with Crippen LogP contribution < -0.4 is 5.32 Å². The zero-order chi connectivity index (χ0) is 19.6. The molecule has 1 fully saturated rings. The fourth-order valence-corrected chi connectivity index (χ4v) is 4.35. The predicted octanol–water partition coefficient (Wildman–Crippen LogP) is 3.41. The molecule has 1 amide bonds. The number of halogens is 3. The molecule has 1 saturated heterocycles. The fourth-order valence-electron chi connectivity index (χ4n) is 2.56. The third-order valence-corrected chi connectivity index (χ3v) is 6.70. The summed E-state index contributed by atoms with van der Waals surface area (Å²) in [5.41, 5.74) is -0.226. The van der Waals surface area contributed by atoms with E-state index < -0.39 is 27.3 Å². The minimum absolute atomic E-state index is 0.102. The average molecular weight is 433 g/mol. The molecule has 0 bridgehead atoms. The van der Waals surface area contributed by atoms with E-state index in [0.29, 0.717) is 0 Å². The third-order valence-electron chi connectivity index (χ3n) is 3.99. The maximum absolute atomic E-state index is 14.2. The van der Waals surface area contributed by atoms with Crippen molar-refractivity contribution in [2.24, 2.45) is 0 Å². The molecule has 0 unspecified atom stereocenters. The molecule has 1 heterocycles. The third kappa shape index (κ3) is 4.25. The summed E-state index contributed by atoms with van der Waals surface area (Å²) in [6.07, 6.45) is 0. The van der Waals surface area contributed by atoms with Gasteiger partial charge in [0, 0.05) is 13.1 Å². The van der Waals surface area contributed by atoms with E-state index in [1.807, 2.05) is 0 Å². The Kier molecular flexibility index (Phi) is 6.02. The predicted molar refractivity (Wildman–Crippen MR) is 100 cm³/mol. The van der Waals surface area contributed by atoms with Gasteiger partial charge in [0.05, 0.1) is 39.4 Å². The van der Waals surface area contributed by atoms with Crippen LogP contribution in [0.2, 0.25) is 10.0 Å². The Labute approximate surface area is 165 Å². The lowest BCUT2D eigenvalue weighted by Crippen LogP contribution is -2.40. The van der Waals surface area contributed by atoms with Gasteiger partial charge in [0.15, 0.2) is 0 Å². The Balaban J connectivity index is 1.91. The number of benzene rings is 2. The van der Waals surface area contributed by atoms with Crippen molar-refractivity contribution in [3.05, 3.63) is 57.8 Å². The number of hydrogen-bond acceptors (Lipinski definition) is 4. The molecule has 144 valence electrons. The van der Waals surface area contributed by atoms with E-state index in [-0.39, 0.29) is 46.9 Å². The zero-order valence-corrected chi connectivity index (χ0v) is 16.2. The summed E-state index contributed by atoms with van der Waals surface area (Å²) < 4.78 is 46.0. The first-order valence-corrected chi connectivity index (χ1v) is 10.1. The molecule has 0 aromatic heterocycles. The lowest BCUT2D eigenvalue weighted by Gasteiger charge is -2.26. The second-order valence-electron chi connectivity index (χ2n) is 5.71. The van der Waals surface area contributed by atoms with Crippen LogP contribution in [-0.2, 0) is 14.8 Å². The molecule has 0 spiro atoms. The van der Waals surface area contributed by atoms with E-state index in [0.717, 1.165) is 18.2 Å². The van der Waals surface area contributed by atoms with Gasteiger partial charge in [-0.2, -0.15) is 4.31 Å². The van der Waals surface area contributed by atoms with Crippen LogP contribution in [0, 0.1) is 5.82 Å². The second-order valence-corrected chi connectivity index (χ2v) is 8.44. The van der Waals surface area contributed by atoms with Gasteiger partial charge in [0.2, 0.25) is 10.0 Å². The molecule has 27 heavy (non-hydrogen) atoms. The number of nitrogens with one attached hydrogen (secondary N) is 1. The highest BCUT2D eigenvalue weighted by molar-refractivity contribution is 7.89. The van der Waals surface area contributed by atoms with Crippen LogP contribution in [0.3, 0.4) is 0 Å². The van der Waals surface area contributed by atoms with Gasteiger partial charge >= 0.3 is 0 Å². The highest BCUT2D eigenvalue weighted by Crippen LogP contribution is 2.30. The maximum Gasteiger partial charge on any atom is 0.258 e. The Morgan fingerprint density at radius 1 is 1.15 bits per heavy atom. The number of sulfonamides is 1. The van der Waals surface area contributed by atoms with Crippen molar-refractivity contribution in [1.29, 1.82) is 0 Å². The molecular weight excluding hydrogens is 418 g/mol. The van der Waals surface area contributed by atoms with Crippen molar-refractivity contribution in [2.75, 3.05) is 31.6 Å². The second kappa shape index (κ2) is 8.12. The highest BCUT2D eigenvalue weighted by atomic mass is 35.5. The number of ether oxygens (including phenoxy) is 1. The maximum atomic E-state index is 14.2. The van der Waals surface area contributed by atoms with Crippen LogP contribution in [0.25, 0.3) is 0 Å². The topological polar surface area (TPSA) is 75.7 Å². The largest absolute Gasteiger partial charge is 0.379 e. The standard InChI is InChI=1S/C17H15Cl2FN2O4S/c18-13-2-1-3-15(16(13)19)21-17(23)12-10-11(4-5-14(12)20)27(24,25)22-6-8-26-9-7-22/h1-5,10H,6-9H2,(H,21,23). The molecule has 3 rings (SSSR count). The van der Waals surface area contributed by atoms with E-state index in [1.54, 1.807) is 6.07 Å². The van der Waals surface area contributed by atoms with Gasteiger partial charge in [-0.05, 0) is 30.3 Å². The fraction of sp³-hybridized carbons (Fsp3) is 0.235. The van der Waals surface area contributed by atoms with Crippen LogP contribution in [0.15, 0.2) is 41.3 Å². The number of rotatable bonds is 4. The first-order chi connectivity index (χ1) is 12.8. The molecule has 6 nitrogen and oxygen atoms in total.